The highest BCUT2D eigenvalue weighted by molar-refractivity contribution is 5.21. The van der Waals surface area contributed by atoms with Gasteiger partial charge in [0.2, 0.25) is 0 Å². The zero-order valence-electron chi connectivity index (χ0n) is 10.1. The standard InChI is InChI=1S/C14H18FNO/c1-16-14(12-3-2-8-17-10-12)9-11-4-6-13(15)7-5-11/h4-7,10,14,16H,2-3,8-9H2,1H3. The monoisotopic (exact) mass is 235 g/mol. The van der Waals surface area contributed by atoms with Crippen molar-refractivity contribution < 1.29 is 9.13 Å². The number of hydrogen-bond donors (Lipinski definition) is 1. The molecule has 0 spiro atoms. The third-order valence-electron chi connectivity index (χ3n) is 3.11. The first-order valence-electron chi connectivity index (χ1n) is 6.02. The van der Waals surface area contributed by atoms with Crippen molar-refractivity contribution in [3.8, 4) is 0 Å². The van der Waals surface area contributed by atoms with Gasteiger partial charge in [-0.3, -0.25) is 0 Å². The molecular weight excluding hydrogens is 217 g/mol. The van der Waals surface area contributed by atoms with Crippen LogP contribution >= 0.6 is 0 Å². The molecule has 0 fully saturated rings. The second-order valence-corrected chi connectivity index (χ2v) is 4.34. The Morgan fingerprint density at radius 3 is 2.71 bits per heavy atom. The van der Waals surface area contributed by atoms with Crippen LogP contribution in [-0.2, 0) is 11.2 Å². The summed E-state index contributed by atoms with van der Waals surface area (Å²) in [6, 6.07) is 6.97. The van der Waals surface area contributed by atoms with Crippen molar-refractivity contribution in [3.05, 3.63) is 47.5 Å². The summed E-state index contributed by atoms with van der Waals surface area (Å²) in [6.07, 6.45) is 4.89. The third-order valence-corrected chi connectivity index (χ3v) is 3.11. The van der Waals surface area contributed by atoms with Crippen LogP contribution in [0, 0.1) is 5.82 Å². The fourth-order valence-electron chi connectivity index (χ4n) is 2.12. The highest BCUT2D eigenvalue weighted by Crippen LogP contribution is 2.18. The van der Waals surface area contributed by atoms with E-state index in [0.717, 1.165) is 31.4 Å². The zero-order valence-corrected chi connectivity index (χ0v) is 10.1. The normalized spacial score (nSPS) is 17.2. The molecule has 0 amide bonds. The van der Waals surface area contributed by atoms with E-state index in [2.05, 4.69) is 5.32 Å². The highest BCUT2D eigenvalue weighted by atomic mass is 19.1. The van der Waals surface area contributed by atoms with E-state index in [4.69, 9.17) is 4.74 Å². The molecule has 2 rings (SSSR count). The summed E-state index contributed by atoms with van der Waals surface area (Å²) in [4.78, 5) is 0. The van der Waals surface area contributed by atoms with Gasteiger partial charge < -0.3 is 10.1 Å². The highest BCUT2D eigenvalue weighted by Gasteiger charge is 2.15. The van der Waals surface area contributed by atoms with Gasteiger partial charge in [-0.25, -0.2) is 4.39 Å². The number of hydrogen-bond acceptors (Lipinski definition) is 2. The van der Waals surface area contributed by atoms with Crippen LogP contribution in [0.5, 0.6) is 0 Å². The predicted octanol–water partition coefficient (Wildman–Crippen LogP) is 2.65. The minimum absolute atomic E-state index is 0.185. The zero-order chi connectivity index (χ0) is 12.1. The average Bonchev–Trinajstić information content (AvgIpc) is 2.39. The van der Waals surface area contributed by atoms with Gasteiger partial charge in [0.25, 0.3) is 0 Å². The molecule has 0 saturated heterocycles. The summed E-state index contributed by atoms with van der Waals surface area (Å²) < 4.78 is 18.2. The van der Waals surface area contributed by atoms with E-state index in [9.17, 15) is 4.39 Å². The van der Waals surface area contributed by atoms with Crippen LogP contribution < -0.4 is 5.32 Å². The van der Waals surface area contributed by atoms with Gasteiger partial charge in [-0.2, -0.15) is 0 Å². The molecule has 0 saturated carbocycles. The van der Waals surface area contributed by atoms with Crippen molar-refractivity contribution in [2.24, 2.45) is 0 Å². The summed E-state index contributed by atoms with van der Waals surface area (Å²) >= 11 is 0. The number of benzene rings is 1. The van der Waals surface area contributed by atoms with Crippen molar-refractivity contribution >= 4 is 0 Å². The number of likely N-dealkylation sites (N-methyl/N-ethyl adjacent to an activating group) is 1. The summed E-state index contributed by atoms with van der Waals surface area (Å²) in [5.74, 6) is -0.185. The lowest BCUT2D eigenvalue weighted by atomic mass is 9.96. The summed E-state index contributed by atoms with van der Waals surface area (Å²) in [6.45, 7) is 0.816. The fourth-order valence-corrected chi connectivity index (χ4v) is 2.12. The molecule has 1 atom stereocenters. The van der Waals surface area contributed by atoms with Crippen molar-refractivity contribution in [2.75, 3.05) is 13.7 Å². The van der Waals surface area contributed by atoms with Crippen molar-refractivity contribution in [3.63, 3.8) is 0 Å². The van der Waals surface area contributed by atoms with Crippen LogP contribution in [0.3, 0.4) is 0 Å². The summed E-state index contributed by atoms with van der Waals surface area (Å²) in [7, 11) is 1.95. The van der Waals surface area contributed by atoms with E-state index in [1.54, 1.807) is 0 Å². The van der Waals surface area contributed by atoms with Gasteiger partial charge in [-0.1, -0.05) is 12.1 Å². The Bertz CT molecular complexity index is 386. The van der Waals surface area contributed by atoms with Gasteiger partial charge in [0.1, 0.15) is 5.82 Å². The van der Waals surface area contributed by atoms with E-state index in [1.807, 2.05) is 25.4 Å². The van der Waals surface area contributed by atoms with Gasteiger partial charge >= 0.3 is 0 Å². The Morgan fingerprint density at radius 2 is 2.12 bits per heavy atom. The van der Waals surface area contributed by atoms with E-state index in [1.165, 1.54) is 17.7 Å². The van der Waals surface area contributed by atoms with Gasteiger partial charge in [-0.05, 0) is 49.6 Å². The first-order chi connectivity index (χ1) is 8.29. The Labute approximate surface area is 101 Å². The molecule has 1 unspecified atom stereocenters. The lowest BCUT2D eigenvalue weighted by molar-refractivity contribution is 0.219. The van der Waals surface area contributed by atoms with Crippen molar-refractivity contribution in [2.45, 2.75) is 25.3 Å². The van der Waals surface area contributed by atoms with Gasteiger partial charge in [0.05, 0.1) is 12.9 Å². The van der Waals surface area contributed by atoms with Crippen LogP contribution in [0.15, 0.2) is 36.1 Å². The molecule has 92 valence electrons. The SMILES string of the molecule is CNC(Cc1ccc(F)cc1)C1=COCCC1. The van der Waals surface area contributed by atoms with Crippen LogP contribution in [0.2, 0.25) is 0 Å². The van der Waals surface area contributed by atoms with Crippen LogP contribution in [0.4, 0.5) is 4.39 Å². The van der Waals surface area contributed by atoms with E-state index in [0.29, 0.717) is 0 Å². The number of rotatable bonds is 4. The Kier molecular flexibility index (Phi) is 4.15. The van der Waals surface area contributed by atoms with E-state index < -0.39 is 0 Å². The molecule has 0 radical (unpaired) electrons. The molecule has 2 nitrogen and oxygen atoms in total. The molecule has 1 aliphatic rings. The van der Waals surface area contributed by atoms with Gasteiger partial charge in [0.15, 0.2) is 0 Å². The first kappa shape index (κ1) is 12.1. The Balaban J connectivity index is 2.04. The topological polar surface area (TPSA) is 21.3 Å². The van der Waals surface area contributed by atoms with Crippen LogP contribution in [0.25, 0.3) is 0 Å². The lowest BCUT2D eigenvalue weighted by Gasteiger charge is -2.23. The molecule has 1 aliphatic heterocycles. The predicted molar refractivity (Wildman–Crippen MR) is 66.2 cm³/mol. The molecule has 1 N–H and O–H groups in total. The maximum Gasteiger partial charge on any atom is 0.123 e. The smallest absolute Gasteiger partial charge is 0.123 e. The van der Waals surface area contributed by atoms with Crippen LogP contribution in [0.1, 0.15) is 18.4 Å². The minimum atomic E-state index is -0.185. The lowest BCUT2D eigenvalue weighted by Crippen LogP contribution is -2.31. The minimum Gasteiger partial charge on any atom is -0.501 e. The summed E-state index contributed by atoms with van der Waals surface area (Å²) in [5, 5.41) is 3.29. The molecule has 1 aromatic carbocycles. The second-order valence-electron chi connectivity index (χ2n) is 4.34. The molecule has 0 bridgehead atoms. The maximum absolute atomic E-state index is 12.8. The number of nitrogens with one attached hydrogen (secondary N) is 1. The van der Waals surface area contributed by atoms with Gasteiger partial charge in [0, 0.05) is 6.04 Å². The fraction of sp³-hybridized carbons (Fsp3) is 0.429. The average molecular weight is 235 g/mol. The van der Waals surface area contributed by atoms with Crippen molar-refractivity contribution in [1.82, 2.24) is 5.32 Å². The third kappa shape index (κ3) is 3.30. The Hall–Kier alpha value is -1.35. The Morgan fingerprint density at radius 1 is 1.35 bits per heavy atom. The van der Waals surface area contributed by atoms with Crippen molar-refractivity contribution in [1.29, 1.82) is 0 Å². The van der Waals surface area contributed by atoms with E-state index >= 15 is 0 Å². The van der Waals surface area contributed by atoms with Crippen LogP contribution in [-0.4, -0.2) is 19.7 Å². The van der Waals surface area contributed by atoms with Gasteiger partial charge in [-0.15, -0.1) is 0 Å². The maximum atomic E-state index is 12.8. The quantitative estimate of drug-likeness (QED) is 0.866. The largest absolute Gasteiger partial charge is 0.501 e. The molecule has 1 heterocycles. The summed E-state index contributed by atoms with van der Waals surface area (Å²) in [5.41, 5.74) is 2.43. The molecule has 0 aromatic heterocycles. The molecule has 0 aliphatic carbocycles. The number of ether oxygens (including phenoxy) is 1. The molecule has 17 heavy (non-hydrogen) atoms. The van der Waals surface area contributed by atoms with E-state index in [-0.39, 0.29) is 11.9 Å². The molecule has 1 aromatic rings. The first-order valence-corrected chi connectivity index (χ1v) is 6.02. The second kappa shape index (κ2) is 5.82. The molecular formula is C14H18FNO. The number of halogens is 1. The molecule has 3 heteroatoms.